The monoisotopic (exact) mass is 638 g/mol. The van der Waals surface area contributed by atoms with E-state index in [-0.39, 0.29) is 81.8 Å². The molecule has 0 spiro atoms. The molecule has 0 aliphatic carbocycles. The van der Waals surface area contributed by atoms with E-state index in [1.54, 1.807) is 34.4 Å². The van der Waals surface area contributed by atoms with E-state index < -0.39 is 18.3 Å². The van der Waals surface area contributed by atoms with Gasteiger partial charge in [0.2, 0.25) is 0 Å². The predicted octanol–water partition coefficient (Wildman–Crippen LogP) is -2.19. The van der Waals surface area contributed by atoms with Crippen LogP contribution in [0.3, 0.4) is 0 Å². The first-order valence-electron chi connectivity index (χ1n) is 11.0. The van der Waals surface area contributed by atoms with Gasteiger partial charge in [-0.05, 0) is 11.7 Å². The molecule has 0 bridgehead atoms. The second kappa shape index (κ2) is 16.4. The number of hydrogen-bond acceptors (Lipinski definition) is 3. The summed E-state index contributed by atoms with van der Waals surface area (Å²) in [5, 5.41) is 13.4. The minimum absolute atomic E-state index is 0. The molecule has 4 nitrogen and oxygen atoms in total. The third kappa shape index (κ3) is 9.95. The molecular formula is C27H22F5ILi2N4-4. The van der Waals surface area contributed by atoms with Gasteiger partial charge in [-0.1, -0.05) is 11.6 Å². The van der Waals surface area contributed by atoms with Gasteiger partial charge in [-0.25, -0.2) is 5.71 Å². The summed E-state index contributed by atoms with van der Waals surface area (Å²) in [6.07, 6.45) is 1.28. The number of nitrogens with one attached hydrogen (secondary N) is 1. The first-order chi connectivity index (χ1) is 17.6. The molecule has 1 aromatic heterocycles. The number of fused-ring (bicyclic) bond motifs is 1. The number of anilines is 2. The number of nitrogens with zero attached hydrogens (tertiary/aromatic N) is 3. The van der Waals surface area contributed by atoms with Crippen molar-refractivity contribution in [1.82, 2.24) is 4.98 Å². The first kappa shape index (κ1) is 35.2. The maximum atomic E-state index is 12.7. The molecule has 0 fully saturated rings. The molecule has 39 heavy (non-hydrogen) atoms. The van der Waals surface area contributed by atoms with E-state index in [9.17, 15) is 27.4 Å². The fourth-order valence-electron chi connectivity index (χ4n) is 3.17. The molecular weight excluding hydrogens is 616 g/mol. The normalized spacial score (nSPS) is 12.3. The second-order valence-electron chi connectivity index (χ2n) is 7.66. The van der Waals surface area contributed by atoms with Crippen LogP contribution in [0.25, 0.3) is 5.41 Å². The van der Waals surface area contributed by atoms with Crippen LogP contribution in [0.5, 0.6) is 0 Å². The van der Waals surface area contributed by atoms with E-state index >= 15 is 0 Å². The molecule has 0 amide bonds. The van der Waals surface area contributed by atoms with Crippen LogP contribution in [-0.4, -0.2) is 23.3 Å². The average Bonchev–Trinajstić information content (AvgIpc) is 2.91. The van der Waals surface area contributed by atoms with E-state index in [4.69, 9.17) is 0 Å². The van der Waals surface area contributed by atoms with Gasteiger partial charge in [0.05, 0.1) is 5.56 Å². The van der Waals surface area contributed by atoms with Gasteiger partial charge in [0, 0.05) is 12.4 Å². The SMILES string of the molecule is FC(F)N1[C-]=C[I-]c2ccccc21.[CH2-]CC(C[CH2-])Nc1c[c-]c(C(=[N-])c2cncc(C(F)(F)F)c2)cc1.[Li+].[Li+]. The van der Waals surface area contributed by atoms with Crippen LogP contribution in [0, 0.1) is 29.7 Å². The van der Waals surface area contributed by atoms with Crippen molar-refractivity contribution in [2.75, 3.05) is 10.2 Å². The van der Waals surface area contributed by atoms with E-state index in [0.717, 1.165) is 20.2 Å². The van der Waals surface area contributed by atoms with Gasteiger partial charge in [-0.2, -0.15) is 31.6 Å². The number of halogens is 6. The third-order valence-electron chi connectivity index (χ3n) is 5.14. The number of para-hydroxylation sites is 1. The summed E-state index contributed by atoms with van der Waals surface area (Å²) in [4.78, 5) is 4.42. The fourth-order valence-corrected chi connectivity index (χ4v) is 5.12. The maximum absolute atomic E-state index is 12.7. The van der Waals surface area contributed by atoms with Crippen LogP contribution in [0.4, 0.5) is 33.3 Å². The molecule has 0 saturated heterocycles. The Morgan fingerprint density at radius 3 is 2.36 bits per heavy atom. The van der Waals surface area contributed by atoms with Gasteiger partial charge >= 0.3 is 129 Å². The van der Waals surface area contributed by atoms with Crippen LogP contribution in [-0.2, 0) is 6.18 Å². The zero-order valence-corrected chi connectivity index (χ0v) is 23.6. The third-order valence-corrected chi connectivity index (χ3v) is 7.31. The quantitative estimate of drug-likeness (QED) is 0.0800. The van der Waals surface area contributed by atoms with Gasteiger partial charge < -0.3 is 24.6 Å². The standard InChI is InChI=1S/C18H16F3N3.C9H6F2IN.2Li/c1-3-15(4-2)24-16-7-5-12(6-8-16)17(22)13-9-14(11-23-10-13)18(19,20)21;10-9(11)13-6-5-12-7-3-1-2-4-8(7)13;;/h5,7-11,15,24H,1-4H2;1-5,9H;;/q-4;-2;2*+1. The molecule has 1 aliphatic rings. The van der Waals surface area contributed by atoms with Crippen molar-refractivity contribution >= 4 is 17.1 Å². The van der Waals surface area contributed by atoms with Gasteiger partial charge in [-0.15, -0.1) is 24.3 Å². The number of pyridine rings is 1. The molecule has 12 heteroatoms. The Morgan fingerprint density at radius 2 is 1.77 bits per heavy atom. The van der Waals surface area contributed by atoms with Gasteiger partial charge in [0.1, 0.15) is 0 Å². The molecule has 2 heterocycles. The Morgan fingerprint density at radius 1 is 1.08 bits per heavy atom. The minimum Gasteiger partial charge on any atom is -0.855 e. The molecule has 2 aromatic carbocycles. The fraction of sp³-hybridized carbons (Fsp3) is 0.185. The van der Waals surface area contributed by atoms with Gasteiger partial charge in [0.15, 0.2) is 0 Å². The summed E-state index contributed by atoms with van der Waals surface area (Å²) in [5.74, 6) is 0. The summed E-state index contributed by atoms with van der Waals surface area (Å²) in [6.45, 7) is 5.12. The van der Waals surface area contributed by atoms with E-state index in [1.165, 1.54) is 6.20 Å². The number of alkyl halides is 5. The topological polar surface area (TPSA) is 50.5 Å². The predicted molar refractivity (Wildman–Crippen MR) is 130 cm³/mol. The molecule has 4 rings (SSSR count). The molecule has 0 atom stereocenters. The summed E-state index contributed by atoms with van der Waals surface area (Å²) < 4.78 is 65.8. The zero-order valence-electron chi connectivity index (χ0n) is 21.4. The van der Waals surface area contributed by atoms with Crippen LogP contribution in [0.15, 0.2) is 65.0 Å². The summed E-state index contributed by atoms with van der Waals surface area (Å²) >= 11 is -0.269. The number of aromatic nitrogens is 1. The summed E-state index contributed by atoms with van der Waals surface area (Å²) in [7, 11) is 0. The molecule has 0 radical (unpaired) electrons. The molecule has 0 saturated carbocycles. The maximum Gasteiger partial charge on any atom is 1.00 e. The van der Waals surface area contributed by atoms with Crippen molar-refractivity contribution < 1.29 is 80.9 Å². The Hall–Kier alpha value is -1.83. The van der Waals surface area contributed by atoms with Crippen LogP contribution < -0.4 is 69.1 Å². The van der Waals surface area contributed by atoms with Crippen LogP contribution in [0.1, 0.15) is 29.5 Å². The Bertz CT molecular complexity index is 1220. The Labute approximate surface area is 260 Å². The van der Waals surface area contributed by atoms with Gasteiger partial charge in [0.25, 0.3) is 0 Å². The number of hydrogen-bond donors (Lipinski definition) is 1. The Balaban J connectivity index is 0.000000430. The zero-order chi connectivity index (χ0) is 27.0. The minimum atomic E-state index is -4.52. The van der Waals surface area contributed by atoms with E-state index in [1.807, 2.05) is 12.1 Å². The van der Waals surface area contributed by atoms with E-state index in [2.05, 4.69) is 36.4 Å². The van der Waals surface area contributed by atoms with Gasteiger partial charge in [-0.3, -0.25) is 4.98 Å². The van der Waals surface area contributed by atoms with Crippen molar-refractivity contribution in [3.63, 3.8) is 0 Å². The van der Waals surface area contributed by atoms with Crippen molar-refractivity contribution in [1.29, 1.82) is 0 Å². The number of rotatable bonds is 7. The largest absolute Gasteiger partial charge is 1.00 e. The molecule has 1 aliphatic heterocycles. The van der Waals surface area contributed by atoms with Crippen molar-refractivity contribution in [2.45, 2.75) is 31.6 Å². The van der Waals surface area contributed by atoms with Crippen molar-refractivity contribution in [2.24, 2.45) is 0 Å². The summed E-state index contributed by atoms with van der Waals surface area (Å²) in [6, 6.07) is 16.0. The molecule has 1 N–H and O–H groups in total. The summed E-state index contributed by atoms with van der Waals surface area (Å²) in [5.41, 5.74) is 0.404. The van der Waals surface area contributed by atoms with Crippen molar-refractivity contribution in [3.8, 4) is 0 Å². The smallest absolute Gasteiger partial charge is 0.855 e. The Kier molecular flexibility index (Phi) is 14.8. The molecule has 3 aromatic rings. The molecule has 198 valence electrons. The van der Waals surface area contributed by atoms with E-state index in [0.29, 0.717) is 24.7 Å². The van der Waals surface area contributed by atoms with Crippen molar-refractivity contribution in [3.05, 3.63) is 117 Å². The second-order valence-corrected chi connectivity index (χ2v) is 10.1. The number of benzene rings is 2. The average molecular weight is 638 g/mol. The molecule has 0 unspecified atom stereocenters. The first-order valence-corrected chi connectivity index (χ1v) is 13.3. The van der Waals surface area contributed by atoms with Crippen LogP contribution in [0.2, 0.25) is 0 Å². The van der Waals surface area contributed by atoms with Crippen LogP contribution >= 0.6 is 0 Å².